The average molecular weight is 556 g/mol. The molecule has 0 saturated heterocycles. The Labute approximate surface area is 240 Å². The van der Waals surface area contributed by atoms with Gasteiger partial charge < -0.3 is 14.6 Å². The number of ketones is 2. The number of carbonyl (C=O) groups is 3. The Balaban J connectivity index is 1.06. The summed E-state index contributed by atoms with van der Waals surface area (Å²) in [7, 11) is 0. The Morgan fingerprint density at radius 3 is 2.49 bits per heavy atom. The van der Waals surface area contributed by atoms with Gasteiger partial charge in [0.05, 0.1) is 6.10 Å². The monoisotopic (exact) mass is 555 g/mol. The molecule has 0 heterocycles. The molecule has 0 bridgehead atoms. The maximum atomic E-state index is 13.4. The number of anilines is 1. The Hall–Kier alpha value is -3.71. The van der Waals surface area contributed by atoms with Crippen molar-refractivity contribution in [3.8, 4) is 11.5 Å². The number of ether oxygens (including phenoxy) is 2. The summed E-state index contributed by atoms with van der Waals surface area (Å²) in [6.07, 6.45) is 8.09. The van der Waals surface area contributed by atoms with Crippen molar-refractivity contribution in [2.24, 2.45) is 34.5 Å². The van der Waals surface area contributed by atoms with E-state index >= 15 is 0 Å². The molecule has 3 fully saturated rings. The van der Waals surface area contributed by atoms with Crippen molar-refractivity contribution in [2.45, 2.75) is 52.1 Å². The zero-order valence-corrected chi connectivity index (χ0v) is 23.5. The molecule has 6 rings (SSSR count). The molecule has 2 aromatic carbocycles. The van der Waals surface area contributed by atoms with Crippen molar-refractivity contribution in [2.75, 3.05) is 11.9 Å². The van der Waals surface area contributed by atoms with Crippen LogP contribution in [0.4, 0.5) is 10.5 Å². The number of rotatable bonds is 6. The Bertz CT molecular complexity index is 1400. The SMILES string of the molecule is CC12C=CC(=O)C=C1CCC1C2[C@@H](O)CC2(C)C(C(=O)COC(=O)Nc3ccc(Oc4ccccc4)cc3)CCC12. The number of hydrogen-bond donors (Lipinski definition) is 2. The van der Waals surface area contributed by atoms with Gasteiger partial charge in [0.2, 0.25) is 0 Å². The molecular weight excluding hydrogens is 518 g/mol. The predicted octanol–water partition coefficient (Wildman–Crippen LogP) is 6.49. The summed E-state index contributed by atoms with van der Waals surface area (Å²) in [4.78, 5) is 38.0. The lowest BCUT2D eigenvalue weighted by molar-refractivity contribution is -0.141. The minimum atomic E-state index is -0.684. The topological polar surface area (TPSA) is 102 Å². The van der Waals surface area contributed by atoms with Gasteiger partial charge in [0.1, 0.15) is 11.5 Å². The third kappa shape index (κ3) is 5.01. The van der Waals surface area contributed by atoms with Crippen LogP contribution < -0.4 is 10.1 Å². The normalized spacial score (nSPS) is 33.6. The summed E-state index contributed by atoms with van der Waals surface area (Å²) in [6.45, 7) is 3.99. The van der Waals surface area contributed by atoms with Crippen LogP contribution in [-0.4, -0.2) is 35.5 Å². The van der Waals surface area contributed by atoms with Crippen LogP contribution in [-0.2, 0) is 14.3 Å². The van der Waals surface area contributed by atoms with Gasteiger partial charge in [-0.2, -0.15) is 0 Å². The molecule has 0 radical (unpaired) electrons. The maximum Gasteiger partial charge on any atom is 0.412 e. The second-order valence-electron chi connectivity index (χ2n) is 12.5. The molecule has 4 aliphatic rings. The number of benzene rings is 2. The molecule has 7 heteroatoms. The standard InChI is InChI=1S/C34H37NO6/c1-33-17-16-23(36)18-21(33)8-13-26-27-14-15-28(34(27,2)19-29(37)31(26)33)30(38)20-40-32(39)35-22-9-11-25(12-10-22)41-24-6-4-3-5-7-24/h3-7,9-12,16-18,26-29,31,37H,8,13-15,19-20H2,1-2H3,(H,35,39)/t26?,27?,28?,29-,31?,33?,34?/m0/s1. The van der Waals surface area contributed by atoms with Crippen molar-refractivity contribution in [1.29, 1.82) is 0 Å². The molecule has 41 heavy (non-hydrogen) atoms. The quantitative estimate of drug-likeness (QED) is 0.422. The van der Waals surface area contributed by atoms with Crippen LogP contribution in [0, 0.1) is 34.5 Å². The van der Waals surface area contributed by atoms with Crippen molar-refractivity contribution in [3.05, 3.63) is 78.4 Å². The van der Waals surface area contributed by atoms with Crippen LogP contribution >= 0.6 is 0 Å². The van der Waals surface area contributed by atoms with E-state index in [0.717, 1.165) is 37.0 Å². The number of hydrogen-bond acceptors (Lipinski definition) is 6. The molecule has 2 aromatic rings. The average Bonchev–Trinajstić information content (AvgIpc) is 3.30. The highest BCUT2D eigenvalue weighted by Crippen LogP contribution is 2.66. The van der Waals surface area contributed by atoms with Crippen LogP contribution in [0.15, 0.2) is 78.4 Å². The number of para-hydroxylation sites is 1. The van der Waals surface area contributed by atoms with Crippen molar-refractivity contribution < 1.29 is 29.0 Å². The van der Waals surface area contributed by atoms with Gasteiger partial charge in [0.25, 0.3) is 0 Å². The largest absolute Gasteiger partial charge is 0.457 e. The van der Waals surface area contributed by atoms with Crippen molar-refractivity contribution >= 4 is 23.3 Å². The lowest BCUT2D eigenvalue weighted by atomic mass is 9.46. The van der Waals surface area contributed by atoms with Gasteiger partial charge in [0, 0.05) is 22.9 Å². The maximum absolute atomic E-state index is 13.4. The van der Waals surface area contributed by atoms with Crippen molar-refractivity contribution in [1.82, 2.24) is 0 Å². The van der Waals surface area contributed by atoms with Gasteiger partial charge in [-0.25, -0.2) is 4.79 Å². The van der Waals surface area contributed by atoms with Gasteiger partial charge in [-0.1, -0.05) is 43.7 Å². The number of allylic oxidation sites excluding steroid dienone is 4. The minimum absolute atomic E-state index is 0.0238. The summed E-state index contributed by atoms with van der Waals surface area (Å²) in [5.41, 5.74) is 0.983. The molecule has 0 spiro atoms. The first-order chi connectivity index (χ1) is 19.7. The van der Waals surface area contributed by atoms with E-state index in [1.165, 1.54) is 0 Å². The van der Waals surface area contributed by atoms with Crippen LogP contribution in [0.25, 0.3) is 0 Å². The lowest BCUT2D eigenvalue weighted by Crippen LogP contribution is -2.56. The molecule has 7 atom stereocenters. The fourth-order valence-corrected chi connectivity index (χ4v) is 8.48. The fraction of sp³-hybridized carbons (Fsp3) is 0.441. The fourth-order valence-electron chi connectivity index (χ4n) is 8.48. The first-order valence-electron chi connectivity index (χ1n) is 14.6. The smallest absolute Gasteiger partial charge is 0.412 e. The molecule has 3 saturated carbocycles. The lowest BCUT2D eigenvalue weighted by Gasteiger charge is -2.58. The van der Waals surface area contributed by atoms with Gasteiger partial charge in [0.15, 0.2) is 18.2 Å². The second kappa shape index (κ2) is 10.6. The van der Waals surface area contributed by atoms with Gasteiger partial charge in [-0.05, 0) is 97.9 Å². The van der Waals surface area contributed by atoms with E-state index in [1.807, 2.05) is 36.4 Å². The first-order valence-corrected chi connectivity index (χ1v) is 14.6. The van der Waals surface area contributed by atoms with Crippen LogP contribution in [0.2, 0.25) is 0 Å². The van der Waals surface area contributed by atoms with E-state index in [0.29, 0.717) is 23.8 Å². The highest BCUT2D eigenvalue weighted by molar-refractivity contribution is 6.01. The van der Waals surface area contributed by atoms with Gasteiger partial charge >= 0.3 is 6.09 Å². The Morgan fingerprint density at radius 2 is 1.73 bits per heavy atom. The third-order valence-electron chi connectivity index (χ3n) is 10.3. The highest BCUT2D eigenvalue weighted by Gasteiger charge is 2.62. The highest BCUT2D eigenvalue weighted by atomic mass is 16.6. The number of nitrogens with one attached hydrogen (secondary N) is 1. The number of Topliss-reactive ketones (excluding diaryl/α,β-unsaturated/α-hetero) is 1. The Kier molecular flexibility index (Phi) is 7.10. The van der Waals surface area contributed by atoms with E-state index in [-0.39, 0.29) is 46.8 Å². The summed E-state index contributed by atoms with van der Waals surface area (Å²) >= 11 is 0. The predicted molar refractivity (Wildman–Crippen MR) is 154 cm³/mol. The first kappa shape index (κ1) is 27.5. The molecule has 0 aliphatic heterocycles. The summed E-state index contributed by atoms with van der Waals surface area (Å²) in [6, 6.07) is 16.4. The molecule has 6 unspecified atom stereocenters. The number of amides is 1. The van der Waals surface area contributed by atoms with E-state index in [1.54, 1.807) is 36.4 Å². The van der Waals surface area contributed by atoms with E-state index in [9.17, 15) is 19.5 Å². The summed E-state index contributed by atoms with van der Waals surface area (Å²) in [5.74, 6) is 1.64. The minimum Gasteiger partial charge on any atom is -0.457 e. The molecule has 2 N–H and O–H groups in total. The number of aliphatic hydroxyl groups excluding tert-OH is 1. The van der Waals surface area contributed by atoms with E-state index in [2.05, 4.69) is 19.2 Å². The van der Waals surface area contributed by atoms with Crippen LogP contribution in [0.1, 0.15) is 46.0 Å². The number of carbonyl (C=O) groups excluding carboxylic acids is 3. The molecule has 7 nitrogen and oxygen atoms in total. The second-order valence-corrected chi connectivity index (χ2v) is 12.5. The summed E-state index contributed by atoms with van der Waals surface area (Å²) in [5, 5.41) is 14.2. The van der Waals surface area contributed by atoms with Crippen LogP contribution in [0.3, 0.4) is 0 Å². The Morgan fingerprint density at radius 1 is 1.00 bits per heavy atom. The van der Waals surface area contributed by atoms with Gasteiger partial charge in [-0.15, -0.1) is 0 Å². The van der Waals surface area contributed by atoms with Gasteiger partial charge in [-0.3, -0.25) is 14.9 Å². The molecule has 0 aromatic heterocycles. The summed E-state index contributed by atoms with van der Waals surface area (Å²) < 4.78 is 11.1. The van der Waals surface area contributed by atoms with E-state index in [4.69, 9.17) is 9.47 Å². The van der Waals surface area contributed by atoms with E-state index < -0.39 is 12.2 Å². The van der Waals surface area contributed by atoms with Crippen molar-refractivity contribution in [3.63, 3.8) is 0 Å². The zero-order valence-electron chi connectivity index (χ0n) is 23.5. The van der Waals surface area contributed by atoms with Crippen LogP contribution in [0.5, 0.6) is 11.5 Å². The molecule has 214 valence electrons. The molecule has 1 amide bonds. The molecule has 4 aliphatic carbocycles. The molecular formula is C34H37NO6. The zero-order chi connectivity index (χ0) is 28.8. The number of aliphatic hydroxyl groups is 1. The number of fused-ring (bicyclic) bond motifs is 5. The third-order valence-corrected chi connectivity index (χ3v) is 10.3.